The average molecular weight is 165 g/mol. The Kier molecular flexibility index (Phi) is 1.60. The van der Waals surface area contributed by atoms with Crippen LogP contribution in [0.2, 0.25) is 0 Å². The number of nitrogens with zero attached hydrogens (tertiary/aromatic N) is 2. The highest BCUT2D eigenvalue weighted by atomic mass is 16.1. The van der Waals surface area contributed by atoms with Crippen molar-refractivity contribution < 1.29 is 0 Å². The predicted octanol–water partition coefficient (Wildman–Crippen LogP) is 0.367. The van der Waals surface area contributed by atoms with Crippen LogP contribution in [0.15, 0.2) is 10.9 Å². The molecule has 0 saturated heterocycles. The Morgan fingerprint density at radius 2 is 2.50 bits per heavy atom. The van der Waals surface area contributed by atoms with Crippen molar-refractivity contribution in [1.29, 1.82) is 0 Å². The zero-order chi connectivity index (χ0) is 8.55. The third-order valence-corrected chi connectivity index (χ3v) is 1.98. The van der Waals surface area contributed by atoms with Crippen LogP contribution in [0.25, 0.3) is 0 Å². The molecule has 0 amide bonds. The maximum atomic E-state index is 11.4. The summed E-state index contributed by atoms with van der Waals surface area (Å²) in [6, 6.07) is 1.57. The topological polar surface area (TPSA) is 46.9 Å². The molecule has 1 aliphatic heterocycles. The maximum Gasteiger partial charge on any atom is 0.255 e. The van der Waals surface area contributed by atoms with Crippen LogP contribution in [0.3, 0.4) is 0 Å². The number of aryl methyl sites for hydroxylation is 1. The van der Waals surface area contributed by atoms with Crippen molar-refractivity contribution in [3.63, 3.8) is 0 Å². The van der Waals surface area contributed by atoms with Crippen molar-refractivity contribution >= 4 is 5.95 Å². The molecule has 0 aromatic carbocycles. The molecule has 4 heteroatoms. The molecule has 0 spiro atoms. The average Bonchev–Trinajstić information content (AvgIpc) is 2.04. The van der Waals surface area contributed by atoms with Gasteiger partial charge in [0.2, 0.25) is 5.95 Å². The predicted molar refractivity (Wildman–Crippen MR) is 46.3 cm³/mol. The van der Waals surface area contributed by atoms with E-state index in [1.54, 1.807) is 10.6 Å². The summed E-state index contributed by atoms with van der Waals surface area (Å²) in [5, 5.41) is 3.10. The molecule has 12 heavy (non-hydrogen) atoms. The quantitative estimate of drug-likeness (QED) is 0.604. The van der Waals surface area contributed by atoms with Gasteiger partial charge in [0, 0.05) is 24.8 Å². The fourth-order valence-corrected chi connectivity index (χ4v) is 1.41. The summed E-state index contributed by atoms with van der Waals surface area (Å²) in [7, 11) is 0. The second kappa shape index (κ2) is 2.62. The molecule has 0 saturated carbocycles. The molecule has 0 fully saturated rings. The fourth-order valence-electron chi connectivity index (χ4n) is 1.41. The van der Waals surface area contributed by atoms with E-state index >= 15 is 0 Å². The van der Waals surface area contributed by atoms with Crippen molar-refractivity contribution in [2.45, 2.75) is 19.9 Å². The first-order chi connectivity index (χ1) is 5.77. The monoisotopic (exact) mass is 165 g/mol. The lowest BCUT2D eigenvalue weighted by Crippen LogP contribution is -2.29. The number of nitrogens with one attached hydrogen (secondary N) is 1. The van der Waals surface area contributed by atoms with Gasteiger partial charge in [-0.15, -0.1) is 0 Å². The molecule has 0 radical (unpaired) electrons. The molecule has 0 atom stereocenters. The minimum Gasteiger partial charge on any atom is -0.355 e. The van der Waals surface area contributed by atoms with Gasteiger partial charge in [-0.25, -0.2) is 4.98 Å². The van der Waals surface area contributed by atoms with Crippen LogP contribution in [-0.4, -0.2) is 16.1 Å². The molecule has 1 aliphatic rings. The molecule has 0 unspecified atom stereocenters. The molecule has 0 aliphatic carbocycles. The Labute approximate surface area is 70.2 Å². The van der Waals surface area contributed by atoms with E-state index in [4.69, 9.17) is 0 Å². The molecule has 1 N–H and O–H groups in total. The van der Waals surface area contributed by atoms with Gasteiger partial charge in [0.15, 0.2) is 0 Å². The fraction of sp³-hybridized carbons (Fsp3) is 0.500. The normalized spacial score (nSPS) is 15.1. The van der Waals surface area contributed by atoms with Crippen molar-refractivity contribution in [3.05, 3.63) is 22.1 Å². The van der Waals surface area contributed by atoms with Gasteiger partial charge in [0.05, 0.1) is 0 Å². The molecule has 64 valence electrons. The summed E-state index contributed by atoms with van der Waals surface area (Å²) in [5.74, 6) is 0.714. The van der Waals surface area contributed by atoms with E-state index in [1.165, 1.54) is 0 Å². The second-order valence-corrected chi connectivity index (χ2v) is 2.99. The van der Waals surface area contributed by atoms with Crippen LogP contribution in [0, 0.1) is 6.92 Å². The number of anilines is 1. The smallest absolute Gasteiger partial charge is 0.255 e. The van der Waals surface area contributed by atoms with Gasteiger partial charge in [0.25, 0.3) is 5.56 Å². The van der Waals surface area contributed by atoms with Gasteiger partial charge in [0.1, 0.15) is 0 Å². The van der Waals surface area contributed by atoms with E-state index in [1.807, 2.05) is 6.92 Å². The van der Waals surface area contributed by atoms with Gasteiger partial charge in [-0.05, 0) is 13.3 Å². The Morgan fingerprint density at radius 1 is 1.67 bits per heavy atom. The minimum atomic E-state index is 0.0460. The summed E-state index contributed by atoms with van der Waals surface area (Å²) in [6.07, 6.45) is 0.998. The highest BCUT2D eigenvalue weighted by Gasteiger charge is 2.09. The van der Waals surface area contributed by atoms with Crippen LogP contribution < -0.4 is 10.9 Å². The van der Waals surface area contributed by atoms with Gasteiger partial charge >= 0.3 is 0 Å². The van der Waals surface area contributed by atoms with E-state index in [9.17, 15) is 4.79 Å². The van der Waals surface area contributed by atoms with Crippen molar-refractivity contribution in [2.75, 3.05) is 11.9 Å². The van der Waals surface area contributed by atoms with Crippen molar-refractivity contribution in [2.24, 2.45) is 0 Å². The molecule has 1 aromatic heterocycles. The van der Waals surface area contributed by atoms with Crippen LogP contribution in [-0.2, 0) is 6.54 Å². The number of rotatable bonds is 0. The summed E-state index contributed by atoms with van der Waals surface area (Å²) < 4.78 is 1.68. The standard InChI is InChI=1S/C8H11N3O/c1-6-5-7(12)11-4-2-3-9-8(11)10-6/h5H,2-4H2,1H3,(H,9,10). The van der Waals surface area contributed by atoms with Gasteiger partial charge in [-0.1, -0.05) is 0 Å². The first kappa shape index (κ1) is 7.34. The van der Waals surface area contributed by atoms with Crippen LogP contribution in [0.5, 0.6) is 0 Å². The molecule has 4 nitrogen and oxygen atoms in total. The summed E-state index contributed by atoms with van der Waals surface area (Å²) in [4.78, 5) is 15.6. The summed E-state index contributed by atoms with van der Waals surface area (Å²) >= 11 is 0. The zero-order valence-corrected chi connectivity index (χ0v) is 7.00. The number of hydrogen-bond acceptors (Lipinski definition) is 3. The minimum absolute atomic E-state index is 0.0460. The molecule has 2 heterocycles. The lowest BCUT2D eigenvalue weighted by molar-refractivity contribution is 0.594. The van der Waals surface area contributed by atoms with Crippen molar-refractivity contribution in [3.8, 4) is 0 Å². The first-order valence-corrected chi connectivity index (χ1v) is 4.10. The van der Waals surface area contributed by atoms with Gasteiger partial charge < -0.3 is 5.32 Å². The number of fused-ring (bicyclic) bond motifs is 1. The largest absolute Gasteiger partial charge is 0.355 e. The van der Waals surface area contributed by atoms with Gasteiger partial charge in [-0.2, -0.15) is 0 Å². The number of hydrogen-bond donors (Lipinski definition) is 1. The van der Waals surface area contributed by atoms with Crippen molar-refractivity contribution in [1.82, 2.24) is 9.55 Å². The lowest BCUT2D eigenvalue weighted by Gasteiger charge is -2.18. The van der Waals surface area contributed by atoms with E-state index in [0.717, 1.165) is 25.2 Å². The molecular weight excluding hydrogens is 154 g/mol. The molecular formula is C8H11N3O. The third-order valence-electron chi connectivity index (χ3n) is 1.98. The Morgan fingerprint density at radius 3 is 3.33 bits per heavy atom. The number of aromatic nitrogens is 2. The highest BCUT2D eigenvalue weighted by molar-refractivity contribution is 5.28. The molecule has 2 rings (SSSR count). The van der Waals surface area contributed by atoms with E-state index in [0.29, 0.717) is 5.95 Å². The first-order valence-electron chi connectivity index (χ1n) is 4.10. The van der Waals surface area contributed by atoms with Crippen LogP contribution >= 0.6 is 0 Å². The maximum absolute atomic E-state index is 11.4. The van der Waals surface area contributed by atoms with E-state index < -0.39 is 0 Å². The van der Waals surface area contributed by atoms with Crippen LogP contribution in [0.4, 0.5) is 5.95 Å². The summed E-state index contributed by atoms with van der Waals surface area (Å²) in [5.41, 5.74) is 0.824. The molecule has 1 aromatic rings. The Bertz CT molecular complexity index is 356. The lowest BCUT2D eigenvalue weighted by atomic mass is 10.3. The highest BCUT2D eigenvalue weighted by Crippen LogP contribution is 2.07. The van der Waals surface area contributed by atoms with E-state index in [2.05, 4.69) is 10.3 Å². The summed E-state index contributed by atoms with van der Waals surface area (Å²) in [6.45, 7) is 3.53. The van der Waals surface area contributed by atoms with E-state index in [-0.39, 0.29) is 5.56 Å². The van der Waals surface area contributed by atoms with Crippen LogP contribution in [0.1, 0.15) is 12.1 Å². The zero-order valence-electron chi connectivity index (χ0n) is 7.00. The Balaban J connectivity index is 2.60. The second-order valence-electron chi connectivity index (χ2n) is 2.99. The third kappa shape index (κ3) is 1.09. The van der Waals surface area contributed by atoms with Gasteiger partial charge in [-0.3, -0.25) is 9.36 Å². The molecule has 0 bridgehead atoms. The Hall–Kier alpha value is -1.32. The SMILES string of the molecule is Cc1cc(=O)n2c(n1)NCCC2.